The maximum atomic E-state index is 10.9. The predicted octanol–water partition coefficient (Wildman–Crippen LogP) is 5.13. The first-order chi connectivity index (χ1) is 14.6. The summed E-state index contributed by atoms with van der Waals surface area (Å²) in [5, 5.41) is 13.7. The van der Waals surface area contributed by atoms with E-state index in [0.717, 1.165) is 61.3 Å². The molecule has 0 aliphatic carbocycles. The third-order valence-corrected chi connectivity index (χ3v) is 4.83. The van der Waals surface area contributed by atoms with Gasteiger partial charge in [0.1, 0.15) is 11.5 Å². The minimum atomic E-state index is -1.36. The molecule has 3 aromatic rings. The van der Waals surface area contributed by atoms with Crippen LogP contribution in [0.3, 0.4) is 0 Å². The largest absolute Gasteiger partial charge is 0.511 e. The summed E-state index contributed by atoms with van der Waals surface area (Å²) in [6.07, 6.45) is 6.53. The standard InChI is InChI=1S/C23H28N4O3/c1-3-5-9-20-25-21(10-6-4-2)27(26-20)16-17-11-13-18(14-12-17)22-19(30-23(28)29)8-7-15-24-22/h7-8,11-15H,3-6,9-10,16H2,1-2H3,(H,28,29). The number of benzene rings is 1. The van der Waals surface area contributed by atoms with E-state index in [1.807, 2.05) is 28.9 Å². The van der Waals surface area contributed by atoms with E-state index < -0.39 is 6.16 Å². The second-order valence-electron chi connectivity index (χ2n) is 7.22. The zero-order valence-corrected chi connectivity index (χ0v) is 17.5. The normalized spacial score (nSPS) is 10.9. The van der Waals surface area contributed by atoms with Crippen LogP contribution >= 0.6 is 0 Å². The lowest BCUT2D eigenvalue weighted by Crippen LogP contribution is -2.07. The molecule has 0 saturated heterocycles. The van der Waals surface area contributed by atoms with E-state index in [2.05, 4.69) is 18.8 Å². The van der Waals surface area contributed by atoms with Crippen LogP contribution < -0.4 is 4.74 Å². The third-order valence-electron chi connectivity index (χ3n) is 4.83. The van der Waals surface area contributed by atoms with Crippen molar-refractivity contribution in [1.82, 2.24) is 19.7 Å². The number of pyridine rings is 1. The van der Waals surface area contributed by atoms with Crippen molar-refractivity contribution >= 4 is 6.16 Å². The number of nitrogens with zero attached hydrogens (tertiary/aromatic N) is 4. The van der Waals surface area contributed by atoms with Crippen molar-refractivity contribution in [3.8, 4) is 17.0 Å². The van der Waals surface area contributed by atoms with Gasteiger partial charge in [0.2, 0.25) is 0 Å². The Labute approximate surface area is 176 Å². The molecule has 1 N–H and O–H groups in total. The number of aryl methyl sites for hydroxylation is 2. The first kappa shape index (κ1) is 21.5. The van der Waals surface area contributed by atoms with Crippen LogP contribution in [0.4, 0.5) is 4.79 Å². The molecule has 2 aromatic heterocycles. The van der Waals surface area contributed by atoms with E-state index in [1.165, 1.54) is 0 Å². The minimum absolute atomic E-state index is 0.219. The Bertz CT molecular complexity index is 967. The number of rotatable bonds is 10. The van der Waals surface area contributed by atoms with Crippen LogP contribution in [-0.2, 0) is 19.4 Å². The highest BCUT2D eigenvalue weighted by molar-refractivity contribution is 5.71. The zero-order valence-electron chi connectivity index (χ0n) is 17.5. The summed E-state index contributed by atoms with van der Waals surface area (Å²) in [7, 11) is 0. The van der Waals surface area contributed by atoms with Crippen LogP contribution in [0, 0.1) is 0 Å². The Morgan fingerprint density at radius 1 is 1.07 bits per heavy atom. The molecule has 0 spiro atoms. The van der Waals surface area contributed by atoms with Crippen LogP contribution in [0.5, 0.6) is 5.75 Å². The summed E-state index contributed by atoms with van der Waals surface area (Å²) >= 11 is 0. The van der Waals surface area contributed by atoms with Crippen molar-refractivity contribution in [2.24, 2.45) is 0 Å². The summed E-state index contributed by atoms with van der Waals surface area (Å²) < 4.78 is 6.85. The summed E-state index contributed by atoms with van der Waals surface area (Å²) in [4.78, 5) is 20.0. The molecule has 2 heterocycles. The van der Waals surface area contributed by atoms with E-state index in [0.29, 0.717) is 12.2 Å². The lowest BCUT2D eigenvalue weighted by Gasteiger charge is -2.09. The van der Waals surface area contributed by atoms with Crippen molar-refractivity contribution in [3.05, 3.63) is 59.8 Å². The fourth-order valence-electron chi connectivity index (χ4n) is 3.24. The van der Waals surface area contributed by atoms with Crippen molar-refractivity contribution in [2.75, 3.05) is 0 Å². The van der Waals surface area contributed by atoms with E-state index in [-0.39, 0.29) is 5.75 Å². The predicted molar refractivity (Wildman–Crippen MR) is 115 cm³/mol. The van der Waals surface area contributed by atoms with E-state index in [1.54, 1.807) is 18.3 Å². The monoisotopic (exact) mass is 408 g/mol. The molecular formula is C23H28N4O3. The smallest absolute Gasteiger partial charge is 0.449 e. The second kappa shape index (κ2) is 10.5. The van der Waals surface area contributed by atoms with Gasteiger partial charge in [-0.3, -0.25) is 4.98 Å². The number of unbranched alkanes of at least 4 members (excludes halogenated alkanes) is 2. The van der Waals surface area contributed by atoms with E-state index in [9.17, 15) is 4.79 Å². The molecule has 0 atom stereocenters. The first-order valence-electron chi connectivity index (χ1n) is 10.5. The summed E-state index contributed by atoms with van der Waals surface area (Å²) in [5.41, 5.74) is 2.39. The fraction of sp³-hybridized carbons (Fsp3) is 0.391. The second-order valence-corrected chi connectivity index (χ2v) is 7.22. The Morgan fingerprint density at radius 2 is 1.80 bits per heavy atom. The van der Waals surface area contributed by atoms with Crippen molar-refractivity contribution in [3.63, 3.8) is 0 Å². The Morgan fingerprint density at radius 3 is 2.50 bits per heavy atom. The summed E-state index contributed by atoms with van der Waals surface area (Å²) in [5.74, 6) is 2.17. The number of carbonyl (C=O) groups is 1. The van der Waals surface area contributed by atoms with Gasteiger partial charge in [-0.15, -0.1) is 0 Å². The summed E-state index contributed by atoms with van der Waals surface area (Å²) in [6, 6.07) is 11.1. The Balaban J connectivity index is 1.79. The average Bonchev–Trinajstić information content (AvgIpc) is 3.12. The highest BCUT2D eigenvalue weighted by atomic mass is 16.7. The molecule has 3 rings (SSSR count). The van der Waals surface area contributed by atoms with E-state index >= 15 is 0 Å². The summed E-state index contributed by atoms with van der Waals surface area (Å²) in [6.45, 7) is 5.00. The Hall–Kier alpha value is -3.22. The van der Waals surface area contributed by atoms with Crippen LogP contribution in [-0.4, -0.2) is 31.0 Å². The van der Waals surface area contributed by atoms with Crippen molar-refractivity contribution < 1.29 is 14.6 Å². The molecular weight excluding hydrogens is 380 g/mol. The van der Waals surface area contributed by atoms with Gasteiger partial charge in [0.15, 0.2) is 11.6 Å². The maximum Gasteiger partial charge on any atom is 0.511 e. The van der Waals surface area contributed by atoms with Gasteiger partial charge in [-0.2, -0.15) is 5.10 Å². The molecule has 1 aromatic carbocycles. The molecule has 0 bridgehead atoms. The molecule has 7 nitrogen and oxygen atoms in total. The van der Waals surface area contributed by atoms with Gasteiger partial charge in [0.25, 0.3) is 0 Å². The molecule has 0 saturated carbocycles. The average molecular weight is 409 g/mol. The van der Waals surface area contributed by atoms with Crippen LogP contribution in [0.1, 0.15) is 56.7 Å². The lowest BCUT2D eigenvalue weighted by atomic mass is 10.1. The molecule has 0 unspecified atom stereocenters. The van der Waals surface area contributed by atoms with Gasteiger partial charge in [-0.25, -0.2) is 14.5 Å². The van der Waals surface area contributed by atoms with Crippen molar-refractivity contribution in [2.45, 2.75) is 58.9 Å². The molecule has 7 heteroatoms. The molecule has 0 amide bonds. The highest BCUT2D eigenvalue weighted by Crippen LogP contribution is 2.28. The number of hydrogen-bond donors (Lipinski definition) is 1. The van der Waals surface area contributed by atoms with Gasteiger partial charge >= 0.3 is 6.16 Å². The van der Waals surface area contributed by atoms with Gasteiger partial charge in [0.05, 0.1) is 6.54 Å². The van der Waals surface area contributed by atoms with Crippen LogP contribution in [0.15, 0.2) is 42.6 Å². The third kappa shape index (κ3) is 5.65. The molecule has 0 aliphatic heterocycles. The molecule has 0 radical (unpaired) electrons. The fourth-order valence-corrected chi connectivity index (χ4v) is 3.24. The minimum Gasteiger partial charge on any atom is -0.449 e. The number of ether oxygens (including phenoxy) is 1. The highest BCUT2D eigenvalue weighted by Gasteiger charge is 2.13. The Kier molecular flexibility index (Phi) is 7.54. The first-order valence-corrected chi connectivity index (χ1v) is 10.5. The molecule has 158 valence electrons. The number of aromatic nitrogens is 4. The zero-order chi connectivity index (χ0) is 21.3. The molecule has 0 aliphatic rings. The van der Waals surface area contributed by atoms with Gasteiger partial charge in [-0.1, -0.05) is 51.0 Å². The van der Waals surface area contributed by atoms with Gasteiger partial charge in [-0.05, 0) is 30.5 Å². The topological polar surface area (TPSA) is 90.1 Å². The quantitative estimate of drug-likeness (QED) is 0.468. The number of hydrogen-bond acceptors (Lipinski definition) is 5. The van der Waals surface area contributed by atoms with Crippen LogP contribution in [0.25, 0.3) is 11.3 Å². The van der Waals surface area contributed by atoms with E-state index in [4.69, 9.17) is 19.9 Å². The SMILES string of the molecule is CCCCc1nc(CCCC)n(Cc2ccc(-c3ncccc3OC(=O)O)cc2)n1. The van der Waals surface area contributed by atoms with Gasteiger partial charge < -0.3 is 9.84 Å². The molecule has 30 heavy (non-hydrogen) atoms. The molecule has 0 fully saturated rings. The van der Waals surface area contributed by atoms with Gasteiger partial charge in [0, 0.05) is 24.6 Å². The number of carboxylic acid groups (broad SMARTS) is 1. The maximum absolute atomic E-state index is 10.9. The lowest BCUT2D eigenvalue weighted by molar-refractivity contribution is 0.144. The van der Waals surface area contributed by atoms with Crippen LogP contribution in [0.2, 0.25) is 0 Å². The van der Waals surface area contributed by atoms with Crippen molar-refractivity contribution in [1.29, 1.82) is 0 Å².